The zero-order valence-electron chi connectivity index (χ0n) is 17.1. The molecule has 0 bridgehead atoms. The van der Waals surface area contributed by atoms with Crippen LogP contribution in [0.1, 0.15) is 41.5 Å². The van der Waals surface area contributed by atoms with E-state index in [1.54, 1.807) is 41.5 Å². The van der Waals surface area contributed by atoms with E-state index < -0.39 is 39.2 Å². The Bertz CT molecular complexity index is 849. The van der Waals surface area contributed by atoms with E-state index in [1.807, 2.05) is 0 Å². The van der Waals surface area contributed by atoms with Crippen molar-refractivity contribution in [3.05, 3.63) is 24.3 Å². The van der Waals surface area contributed by atoms with Gasteiger partial charge < -0.3 is 9.47 Å². The van der Waals surface area contributed by atoms with Gasteiger partial charge in [0.2, 0.25) is 5.96 Å². The number of carbonyl (C=O) groups is 2. The van der Waals surface area contributed by atoms with E-state index in [0.717, 1.165) is 11.2 Å². The van der Waals surface area contributed by atoms with Crippen molar-refractivity contribution in [2.45, 2.75) is 57.6 Å². The van der Waals surface area contributed by atoms with Gasteiger partial charge in [-0.25, -0.2) is 22.9 Å². The third-order valence-electron chi connectivity index (χ3n) is 2.94. The molecule has 0 radical (unpaired) electrons. The van der Waals surface area contributed by atoms with Crippen molar-refractivity contribution in [2.75, 3.05) is 11.2 Å². The smallest absolute Gasteiger partial charge is 0.421 e. The number of alkyl carbamates (subject to hydrolysis) is 1. The predicted octanol–water partition coefficient (Wildman–Crippen LogP) is 3.29. The van der Waals surface area contributed by atoms with Crippen molar-refractivity contribution in [3.8, 4) is 0 Å². The van der Waals surface area contributed by atoms with Crippen molar-refractivity contribution in [1.29, 1.82) is 5.41 Å². The molecule has 1 aromatic carbocycles. The van der Waals surface area contributed by atoms with Gasteiger partial charge in [-0.15, -0.1) is 0 Å². The average Bonchev–Trinajstić information content (AvgIpc) is 2.42. The molecule has 28 heavy (non-hydrogen) atoms. The minimum absolute atomic E-state index is 0.0482. The highest BCUT2D eigenvalue weighted by Gasteiger charge is 2.29. The van der Waals surface area contributed by atoms with Crippen LogP contribution in [0, 0.1) is 5.41 Å². The number of nitrogens with zero attached hydrogens (tertiary/aromatic N) is 1. The van der Waals surface area contributed by atoms with Gasteiger partial charge in [-0.2, -0.15) is 0 Å². The maximum Gasteiger partial charge on any atom is 0.421 e. The number of carbonyl (C=O) groups excluding carboxylic acids is 2. The molecule has 1 aromatic rings. The van der Waals surface area contributed by atoms with Crippen molar-refractivity contribution in [1.82, 2.24) is 5.32 Å². The van der Waals surface area contributed by atoms with Gasteiger partial charge in [0.15, 0.2) is 9.84 Å². The van der Waals surface area contributed by atoms with Crippen molar-refractivity contribution >= 4 is 33.7 Å². The van der Waals surface area contributed by atoms with Gasteiger partial charge in [-0.1, -0.05) is 0 Å². The van der Waals surface area contributed by atoms with Crippen LogP contribution in [0.2, 0.25) is 0 Å². The summed E-state index contributed by atoms with van der Waals surface area (Å²) >= 11 is 0. The SMILES string of the molecule is CC(C)(C)OC(=O)NC(=N)N(C(=O)OC(C)(C)C)c1ccc(S(C)(=O)=O)cc1. The van der Waals surface area contributed by atoms with Crippen molar-refractivity contribution in [2.24, 2.45) is 0 Å². The molecule has 0 atom stereocenters. The lowest BCUT2D eigenvalue weighted by Crippen LogP contribution is -2.49. The van der Waals surface area contributed by atoms with Crippen molar-refractivity contribution < 1.29 is 27.5 Å². The van der Waals surface area contributed by atoms with Gasteiger partial charge in [-0.3, -0.25) is 10.7 Å². The number of amides is 2. The van der Waals surface area contributed by atoms with Crippen LogP contribution in [-0.2, 0) is 19.3 Å². The van der Waals surface area contributed by atoms with Crippen LogP contribution in [-0.4, -0.2) is 44.0 Å². The summed E-state index contributed by atoms with van der Waals surface area (Å²) < 4.78 is 33.6. The van der Waals surface area contributed by atoms with Gasteiger partial charge in [0.25, 0.3) is 0 Å². The molecule has 0 aliphatic carbocycles. The number of hydrogen-bond donors (Lipinski definition) is 2. The number of anilines is 1. The fourth-order valence-electron chi connectivity index (χ4n) is 1.93. The summed E-state index contributed by atoms with van der Waals surface area (Å²) in [4.78, 5) is 25.4. The van der Waals surface area contributed by atoms with Crippen LogP contribution >= 0.6 is 0 Å². The summed E-state index contributed by atoms with van der Waals surface area (Å²) in [5, 5.41) is 10.3. The minimum Gasteiger partial charge on any atom is -0.444 e. The van der Waals surface area contributed by atoms with E-state index in [9.17, 15) is 18.0 Å². The summed E-state index contributed by atoms with van der Waals surface area (Å²) in [6, 6.07) is 5.27. The Morgan fingerprint density at radius 3 is 1.82 bits per heavy atom. The molecule has 2 amide bonds. The van der Waals surface area contributed by atoms with Crippen LogP contribution in [0.4, 0.5) is 15.3 Å². The van der Waals surface area contributed by atoms with Gasteiger partial charge in [0.1, 0.15) is 11.2 Å². The molecule has 0 aliphatic rings. The third kappa shape index (κ3) is 7.55. The Balaban J connectivity index is 3.20. The maximum atomic E-state index is 12.6. The fourth-order valence-corrected chi connectivity index (χ4v) is 2.56. The molecular formula is C18H27N3O6S. The Labute approximate surface area is 165 Å². The zero-order chi connectivity index (χ0) is 21.9. The number of ether oxygens (including phenoxy) is 2. The largest absolute Gasteiger partial charge is 0.444 e. The molecule has 2 N–H and O–H groups in total. The van der Waals surface area contributed by atoms with E-state index in [-0.39, 0.29) is 10.6 Å². The number of hydrogen-bond acceptors (Lipinski definition) is 7. The van der Waals surface area contributed by atoms with Gasteiger partial charge in [0, 0.05) is 6.26 Å². The quantitative estimate of drug-likeness (QED) is 0.566. The molecule has 10 heteroatoms. The Hall–Kier alpha value is -2.62. The van der Waals surface area contributed by atoms with Gasteiger partial charge in [0.05, 0.1) is 10.6 Å². The Morgan fingerprint density at radius 1 is 0.964 bits per heavy atom. The number of guanidine groups is 1. The summed E-state index contributed by atoms with van der Waals surface area (Å²) in [6.45, 7) is 9.94. The van der Waals surface area contributed by atoms with Crippen LogP contribution in [0.25, 0.3) is 0 Å². The molecule has 156 valence electrons. The molecule has 1 rings (SSSR count). The summed E-state index contributed by atoms with van der Waals surface area (Å²) in [5.74, 6) is -0.601. The highest BCUT2D eigenvalue weighted by atomic mass is 32.2. The molecular weight excluding hydrogens is 386 g/mol. The van der Waals surface area contributed by atoms with Crippen LogP contribution in [0.5, 0.6) is 0 Å². The van der Waals surface area contributed by atoms with E-state index in [2.05, 4.69) is 5.32 Å². The third-order valence-corrected chi connectivity index (χ3v) is 4.07. The Kier molecular flexibility index (Phi) is 6.84. The number of nitrogens with one attached hydrogen (secondary N) is 2. The second-order valence-corrected chi connectivity index (χ2v) is 10.1. The summed E-state index contributed by atoms with van der Waals surface area (Å²) in [7, 11) is -3.43. The van der Waals surface area contributed by atoms with Gasteiger partial charge in [-0.05, 0) is 65.8 Å². The topological polar surface area (TPSA) is 126 Å². The molecule has 9 nitrogen and oxygen atoms in total. The molecule has 0 heterocycles. The van der Waals surface area contributed by atoms with E-state index in [4.69, 9.17) is 14.9 Å². The lowest BCUT2D eigenvalue weighted by atomic mass is 10.2. The first-order valence-corrected chi connectivity index (χ1v) is 10.3. The van der Waals surface area contributed by atoms with E-state index >= 15 is 0 Å². The number of rotatable bonds is 2. The van der Waals surface area contributed by atoms with Crippen LogP contribution in [0.3, 0.4) is 0 Å². The summed E-state index contributed by atoms with van der Waals surface area (Å²) in [6.07, 6.45) is -0.779. The standard InChI is InChI=1S/C18H27N3O6S/c1-17(2,3)26-15(22)20-14(19)21(16(23)27-18(4,5)6)12-8-10-13(11-9-12)28(7,24)25/h8-11H,1-7H3,(H2,19,20,22). The molecule has 0 unspecified atom stereocenters. The molecule has 0 fully saturated rings. The molecule has 0 aliphatic heterocycles. The van der Waals surface area contributed by atoms with Crippen LogP contribution < -0.4 is 10.2 Å². The highest BCUT2D eigenvalue weighted by Crippen LogP contribution is 2.21. The second-order valence-electron chi connectivity index (χ2n) is 8.06. The first-order chi connectivity index (χ1) is 12.5. The lowest BCUT2D eigenvalue weighted by Gasteiger charge is -2.28. The molecule has 0 spiro atoms. The van der Waals surface area contributed by atoms with E-state index in [0.29, 0.717) is 0 Å². The second kappa shape index (κ2) is 8.17. The lowest BCUT2D eigenvalue weighted by molar-refractivity contribution is 0.0559. The molecule has 0 saturated carbocycles. The fraction of sp³-hybridized carbons (Fsp3) is 0.500. The van der Waals surface area contributed by atoms with Crippen LogP contribution in [0.15, 0.2) is 29.2 Å². The zero-order valence-corrected chi connectivity index (χ0v) is 17.9. The number of benzene rings is 1. The Morgan fingerprint density at radius 2 is 1.43 bits per heavy atom. The summed E-state index contributed by atoms with van der Waals surface area (Å²) in [5.41, 5.74) is -1.50. The van der Waals surface area contributed by atoms with E-state index in [1.165, 1.54) is 24.3 Å². The first kappa shape index (κ1) is 23.4. The highest BCUT2D eigenvalue weighted by molar-refractivity contribution is 7.90. The van der Waals surface area contributed by atoms with Crippen molar-refractivity contribution in [3.63, 3.8) is 0 Å². The normalized spacial score (nSPS) is 12.1. The van der Waals surface area contributed by atoms with Gasteiger partial charge >= 0.3 is 12.2 Å². The monoisotopic (exact) mass is 413 g/mol. The maximum absolute atomic E-state index is 12.6. The minimum atomic E-state index is -3.43. The first-order valence-electron chi connectivity index (χ1n) is 8.41. The molecule has 0 aromatic heterocycles. The average molecular weight is 413 g/mol. The number of sulfone groups is 1. The predicted molar refractivity (Wildman–Crippen MR) is 105 cm³/mol. The molecule has 0 saturated heterocycles.